The van der Waals surface area contributed by atoms with Gasteiger partial charge in [0.2, 0.25) is 5.91 Å². The highest BCUT2D eigenvalue weighted by Crippen LogP contribution is 2.48. The number of nitrogens with zero attached hydrogens (tertiary/aromatic N) is 1. The first-order valence-electron chi connectivity index (χ1n) is 7.40. The quantitative estimate of drug-likeness (QED) is 0.504. The topological polar surface area (TPSA) is 90.2 Å². The number of nitrogens with one attached hydrogen (secondary N) is 1. The molecule has 1 saturated carbocycles. The summed E-state index contributed by atoms with van der Waals surface area (Å²) in [6.07, 6.45) is 4.63. The number of allylic oxidation sites excluding steroid dienone is 2. The maximum absolute atomic E-state index is 12.6. The lowest BCUT2D eigenvalue weighted by molar-refractivity contribution is -0.146. The third kappa shape index (κ3) is 2.84. The van der Waals surface area contributed by atoms with E-state index in [9.17, 15) is 14.7 Å². The van der Waals surface area contributed by atoms with Crippen molar-refractivity contribution in [3.05, 3.63) is 35.9 Å². The van der Waals surface area contributed by atoms with Crippen LogP contribution in [0.15, 0.2) is 35.2 Å². The molecule has 2 bridgehead atoms. The van der Waals surface area contributed by atoms with E-state index in [1.54, 1.807) is 12.1 Å². The number of aryl methyl sites for hydroxylation is 1. The molecule has 0 heterocycles. The zero-order chi connectivity index (χ0) is 16.6. The van der Waals surface area contributed by atoms with Crippen molar-refractivity contribution < 1.29 is 14.7 Å². The van der Waals surface area contributed by atoms with Crippen molar-refractivity contribution in [1.82, 2.24) is 0 Å². The minimum atomic E-state index is -0.903. The smallest absolute Gasteiger partial charge is 0.307 e. The summed E-state index contributed by atoms with van der Waals surface area (Å²) in [4.78, 5) is 24.9. The van der Waals surface area contributed by atoms with Crippen LogP contribution in [0.1, 0.15) is 12.0 Å². The molecule has 0 spiro atoms. The predicted molar refractivity (Wildman–Crippen MR) is 86.6 cm³/mol. The summed E-state index contributed by atoms with van der Waals surface area (Å²) in [7, 11) is 0. The number of rotatable bonds is 4. The Kier molecular flexibility index (Phi) is 4.14. The Morgan fingerprint density at radius 3 is 2.61 bits per heavy atom. The van der Waals surface area contributed by atoms with Gasteiger partial charge in [-0.1, -0.05) is 12.2 Å². The van der Waals surface area contributed by atoms with E-state index in [1.165, 1.54) is 0 Å². The van der Waals surface area contributed by atoms with Gasteiger partial charge < -0.3 is 10.4 Å². The molecule has 5 nitrogen and oxygen atoms in total. The zero-order valence-electron chi connectivity index (χ0n) is 12.5. The molecule has 0 aromatic heterocycles. The fraction of sp³-hybridized carbons (Fsp3) is 0.353. The standard InChI is InChI=1S/C17H16N2O3S/c1-9-6-12(23-8-18)4-5-13(9)19-16(20)14-10-2-3-11(7-10)15(14)17(21)22/h2-6,10-11,14-15H,7H2,1H3,(H,19,20)(H,21,22)/t10-,11-,14-,15+/m0/s1. The molecule has 0 saturated heterocycles. The highest BCUT2D eigenvalue weighted by atomic mass is 32.2. The average Bonchev–Trinajstić information content (AvgIpc) is 3.11. The molecule has 0 radical (unpaired) electrons. The molecule has 4 atom stereocenters. The maximum atomic E-state index is 12.6. The number of nitriles is 1. The van der Waals surface area contributed by atoms with Gasteiger partial charge in [0, 0.05) is 10.6 Å². The van der Waals surface area contributed by atoms with Crippen molar-refractivity contribution in [3.8, 4) is 5.40 Å². The molecule has 1 fully saturated rings. The number of aliphatic carboxylic acids is 1. The van der Waals surface area contributed by atoms with E-state index in [0.717, 1.165) is 28.6 Å². The van der Waals surface area contributed by atoms with Crippen LogP contribution in [0.3, 0.4) is 0 Å². The Labute approximate surface area is 138 Å². The van der Waals surface area contributed by atoms with Crippen LogP contribution in [0.5, 0.6) is 0 Å². The van der Waals surface area contributed by atoms with Crippen LogP contribution in [0.25, 0.3) is 0 Å². The Balaban J connectivity index is 1.78. The normalized spacial score (nSPS) is 27.7. The third-order valence-corrected chi connectivity index (χ3v) is 5.25. The molecular formula is C17H16N2O3S. The Bertz CT molecular complexity index is 738. The van der Waals surface area contributed by atoms with Crippen molar-refractivity contribution >= 4 is 29.3 Å². The monoisotopic (exact) mass is 328 g/mol. The van der Waals surface area contributed by atoms with Crippen LogP contribution in [0.4, 0.5) is 5.69 Å². The maximum Gasteiger partial charge on any atom is 0.307 e. The van der Waals surface area contributed by atoms with E-state index in [0.29, 0.717) is 5.69 Å². The molecule has 118 valence electrons. The summed E-state index contributed by atoms with van der Waals surface area (Å²) >= 11 is 1.06. The molecule has 0 aliphatic heterocycles. The fourth-order valence-corrected chi connectivity index (χ4v) is 4.10. The second kappa shape index (κ2) is 6.09. The molecule has 1 aromatic carbocycles. The van der Waals surface area contributed by atoms with Gasteiger partial charge in [0.05, 0.1) is 11.8 Å². The first-order chi connectivity index (χ1) is 11.0. The van der Waals surface area contributed by atoms with Gasteiger partial charge in [0.1, 0.15) is 5.40 Å². The Morgan fingerprint density at radius 2 is 2.00 bits per heavy atom. The number of amides is 1. The molecular weight excluding hydrogens is 312 g/mol. The minimum absolute atomic E-state index is 0.00910. The first kappa shape index (κ1) is 15.6. The van der Waals surface area contributed by atoms with Gasteiger partial charge >= 0.3 is 5.97 Å². The second-order valence-electron chi connectivity index (χ2n) is 6.00. The second-order valence-corrected chi connectivity index (χ2v) is 6.86. The number of thioether (sulfide) groups is 1. The largest absolute Gasteiger partial charge is 0.481 e. The minimum Gasteiger partial charge on any atom is -0.481 e. The molecule has 6 heteroatoms. The Hall–Kier alpha value is -2.26. The van der Waals surface area contributed by atoms with Crippen LogP contribution in [0.2, 0.25) is 0 Å². The summed E-state index contributed by atoms with van der Waals surface area (Å²) in [5.41, 5.74) is 1.51. The molecule has 2 aliphatic carbocycles. The SMILES string of the molecule is Cc1cc(SC#N)ccc1NC(=O)[C@@H]1[C@H](C(=O)O)[C@H]2C=C[C@H]1C2. The van der Waals surface area contributed by atoms with Gasteiger partial charge in [-0.25, -0.2) is 0 Å². The van der Waals surface area contributed by atoms with Gasteiger partial charge in [-0.15, -0.1) is 0 Å². The van der Waals surface area contributed by atoms with Crippen molar-refractivity contribution in [1.29, 1.82) is 5.26 Å². The average molecular weight is 328 g/mol. The van der Waals surface area contributed by atoms with Crippen molar-refractivity contribution in [2.24, 2.45) is 23.7 Å². The van der Waals surface area contributed by atoms with E-state index < -0.39 is 17.8 Å². The third-order valence-electron chi connectivity index (χ3n) is 4.67. The fourth-order valence-electron chi connectivity index (χ4n) is 3.63. The van der Waals surface area contributed by atoms with Crippen LogP contribution in [-0.2, 0) is 9.59 Å². The number of hydrogen-bond acceptors (Lipinski definition) is 4. The predicted octanol–water partition coefficient (Wildman–Crippen LogP) is 3.03. The number of carboxylic acids is 1. The molecule has 2 aliphatic rings. The van der Waals surface area contributed by atoms with Crippen LogP contribution >= 0.6 is 11.8 Å². The number of anilines is 1. The van der Waals surface area contributed by atoms with Gasteiger partial charge in [0.25, 0.3) is 0 Å². The first-order valence-corrected chi connectivity index (χ1v) is 8.21. The van der Waals surface area contributed by atoms with E-state index in [-0.39, 0.29) is 17.7 Å². The van der Waals surface area contributed by atoms with E-state index in [2.05, 4.69) is 5.32 Å². The highest BCUT2D eigenvalue weighted by molar-refractivity contribution is 8.03. The van der Waals surface area contributed by atoms with E-state index >= 15 is 0 Å². The highest BCUT2D eigenvalue weighted by Gasteiger charge is 2.51. The summed E-state index contributed by atoms with van der Waals surface area (Å²) in [6, 6.07) is 5.36. The van der Waals surface area contributed by atoms with Crippen LogP contribution < -0.4 is 5.32 Å². The summed E-state index contributed by atoms with van der Waals surface area (Å²) < 4.78 is 0. The molecule has 2 N–H and O–H groups in total. The lowest BCUT2D eigenvalue weighted by atomic mass is 9.82. The molecule has 23 heavy (non-hydrogen) atoms. The molecule has 3 rings (SSSR count). The summed E-state index contributed by atoms with van der Waals surface area (Å²) in [5.74, 6) is -2.33. The van der Waals surface area contributed by atoms with E-state index in [1.807, 2.05) is 30.5 Å². The molecule has 1 aromatic rings. The van der Waals surface area contributed by atoms with Crippen LogP contribution in [0, 0.1) is 41.3 Å². The van der Waals surface area contributed by atoms with E-state index in [4.69, 9.17) is 5.26 Å². The summed E-state index contributed by atoms with van der Waals surface area (Å²) in [5, 5.41) is 23.0. The van der Waals surface area contributed by atoms with Crippen LogP contribution in [-0.4, -0.2) is 17.0 Å². The van der Waals surface area contributed by atoms with Gasteiger partial charge in [-0.05, 0) is 60.7 Å². The lowest BCUT2D eigenvalue weighted by Gasteiger charge is -2.24. The number of hydrogen-bond donors (Lipinski definition) is 2. The van der Waals surface area contributed by atoms with Crippen molar-refractivity contribution in [2.75, 3.05) is 5.32 Å². The molecule has 0 unspecified atom stereocenters. The number of fused-ring (bicyclic) bond motifs is 2. The number of carbonyl (C=O) groups excluding carboxylic acids is 1. The number of carbonyl (C=O) groups is 2. The number of benzene rings is 1. The summed E-state index contributed by atoms with van der Waals surface area (Å²) in [6.45, 7) is 1.85. The lowest BCUT2D eigenvalue weighted by Crippen LogP contribution is -2.36. The van der Waals surface area contributed by atoms with Gasteiger partial charge in [-0.2, -0.15) is 5.26 Å². The van der Waals surface area contributed by atoms with Crippen molar-refractivity contribution in [2.45, 2.75) is 18.2 Å². The van der Waals surface area contributed by atoms with Gasteiger partial charge in [-0.3, -0.25) is 9.59 Å². The zero-order valence-corrected chi connectivity index (χ0v) is 13.3. The number of carboxylic acid groups (broad SMARTS) is 1. The van der Waals surface area contributed by atoms with Crippen molar-refractivity contribution in [3.63, 3.8) is 0 Å². The Morgan fingerprint density at radius 1 is 1.30 bits per heavy atom. The number of thiocyanates is 1. The molecule has 1 amide bonds. The van der Waals surface area contributed by atoms with Gasteiger partial charge in [0.15, 0.2) is 0 Å².